The monoisotopic (exact) mass is 596 g/mol. The highest BCUT2D eigenvalue weighted by Crippen LogP contribution is 2.36. The lowest BCUT2D eigenvalue weighted by molar-refractivity contribution is 0.103. The molecule has 0 amide bonds. The molecule has 0 fully saturated rings. The van der Waals surface area contributed by atoms with Gasteiger partial charge >= 0.3 is 0 Å². The maximum absolute atomic E-state index is 13.3. The number of hydrogen-bond acceptors (Lipinski definition) is 6. The van der Waals surface area contributed by atoms with Crippen molar-refractivity contribution in [1.29, 1.82) is 0 Å². The van der Waals surface area contributed by atoms with Crippen molar-refractivity contribution < 1.29 is 23.1 Å². The van der Waals surface area contributed by atoms with E-state index < -0.39 is 15.8 Å². The van der Waals surface area contributed by atoms with E-state index in [4.69, 9.17) is 15.6 Å². The molecule has 3 rings (SSSR count). The highest BCUT2D eigenvalue weighted by Gasteiger charge is 2.27. The van der Waals surface area contributed by atoms with Gasteiger partial charge in [-0.25, -0.2) is 13.6 Å². The van der Waals surface area contributed by atoms with Gasteiger partial charge in [0.05, 0.1) is 10.5 Å². The van der Waals surface area contributed by atoms with Crippen LogP contribution in [0, 0.1) is 0 Å². The Hall–Kier alpha value is -2.24. The normalized spacial score (nSPS) is 11.6. The average Bonchev–Trinajstić information content (AvgIpc) is 2.74. The van der Waals surface area contributed by atoms with Crippen LogP contribution in [-0.4, -0.2) is 19.3 Å². The molecule has 0 aliphatic carbocycles. The molecule has 0 bridgehead atoms. The molecule has 0 aromatic heterocycles. The molecule has 174 valence electrons. The topological polar surface area (TPSA) is 133 Å². The summed E-state index contributed by atoms with van der Waals surface area (Å²) in [7, 11) is -4.19. The molecule has 0 atom stereocenters. The maximum atomic E-state index is 13.3. The van der Waals surface area contributed by atoms with Crippen molar-refractivity contribution in [3.63, 3.8) is 0 Å². The summed E-state index contributed by atoms with van der Waals surface area (Å²) in [6, 6.07) is 12.5. The van der Waals surface area contributed by atoms with Gasteiger partial charge in [0.15, 0.2) is 5.78 Å². The number of rotatable bonds is 7. The molecule has 0 saturated heterocycles. The van der Waals surface area contributed by atoms with Gasteiger partial charge in [-0.2, -0.15) is 0 Å². The van der Waals surface area contributed by atoms with Crippen molar-refractivity contribution in [2.45, 2.75) is 31.2 Å². The van der Waals surface area contributed by atoms with Crippen LogP contribution in [0.1, 0.15) is 46.8 Å². The summed E-state index contributed by atoms with van der Waals surface area (Å²) in [4.78, 5) is 13.0. The number of ketones is 1. The van der Waals surface area contributed by atoms with Crippen LogP contribution in [-0.2, 0) is 16.6 Å². The average molecular weight is 598 g/mol. The van der Waals surface area contributed by atoms with Gasteiger partial charge in [0.2, 0.25) is 10.0 Å². The Balaban J connectivity index is 1.97. The lowest BCUT2D eigenvalue weighted by Gasteiger charge is -2.15. The Morgan fingerprint density at radius 2 is 1.67 bits per heavy atom. The number of nitrogens with two attached hydrogens (primary N) is 2. The third-order valence-electron chi connectivity index (χ3n) is 4.99. The first-order valence-corrected chi connectivity index (χ1v) is 13.0. The van der Waals surface area contributed by atoms with E-state index in [0.29, 0.717) is 21.5 Å². The van der Waals surface area contributed by atoms with Crippen molar-refractivity contribution in [2.24, 2.45) is 10.9 Å². The van der Waals surface area contributed by atoms with E-state index in [2.05, 4.69) is 31.9 Å². The molecule has 7 nitrogen and oxygen atoms in total. The highest BCUT2D eigenvalue weighted by atomic mass is 79.9. The number of carbonyl (C=O) groups excluding carboxylic acids is 1. The minimum absolute atomic E-state index is 0.0735. The van der Waals surface area contributed by atoms with E-state index in [1.54, 1.807) is 30.3 Å². The first kappa shape index (κ1) is 25.4. The number of carbonyl (C=O) groups is 1. The molecule has 5 N–H and O–H groups in total. The van der Waals surface area contributed by atoms with Gasteiger partial charge in [-0.15, -0.1) is 0 Å². The number of primary sulfonamides is 1. The number of phenolic OH excluding ortho intramolecular Hbond substituents is 1. The van der Waals surface area contributed by atoms with Gasteiger partial charge < -0.3 is 15.6 Å². The number of hydrogen-bond donors (Lipinski definition) is 3. The van der Waals surface area contributed by atoms with E-state index in [0.717, 1.165) is 5.56 Å². The van der Waals surface area contributed by atoms with Crippen LogP contribution < -0.4 is 15.6 Å². The third kappa shape index (κ3) is 5.47. The van der Waals surface area contributed by atoms with Crippen molar-refractivity contribution in [3.8, 4) is 17.2 Å². The second-order valence-corrected chi connectivity index (χ2v) is 10.8. The zero-order valence-electron chi connectivity index (χ0n) is 17.8. The quantitative estimate of drug-likeness (QED) is 0.322. The Kier molecular flexibility index (Phi) is 7.65. The summed E-state index contributed by atoms with van der Waals surface area (Å²) in [5.41, 5.74) is 7.22. The molecular weight excluding hydrogens is 576 g/mol. The fraction of sp³-hybridized carbons (Fsp3) is 0.174. The van der Waals surface area contributed by atoms with Gasteiger partial charge in [-0.3, -0.25) is 4.79 Å². The molecule has 0 aliphatic heterocycles. The Morgan fingerprint density at radius 3 is 2.21 bits per heavy atom. The highest BCUT2D eigenvalue weighted by molar-refractivity contribution is 9.11. The van der Waals surface area contributed by atoms with Crippen LogP contribution in [0.15, 0.2) is 62.4 Å². The number of phenols is 1. The maximum Gasteiger partial charge on any atom is 0.238 e. The second-order valence-electron chi connectivity index (χ2n) is 7.60. The van der Waals surface area contributed by atoms with Crippen molar-refractivity contribution in [2.75, 3.05) is 0 Å². The van der Waals surface area contributed by atoms with Crippen LogP contribution in [0.25, 0.3) is 0 Å². The van der Waals surface area contributed by atoms with Gasteiger partial charge in [0, 0.05) is 26.6 Å². The zero-order valence-corrected chi connectivity index (χ0v) is 21.8. The number of benzene rings is 3. The summed E-state index contributed by atoms with van der Waals surface area (Å²) in [5, 5.41) is 15.3. The van der Waals surface area contributed by atoms with Crippen LogP contribution in [0.5, 0.6) is 17.2 Å². The van der Waals surface area contributed by atoms with Crippen LogP contribution in [0.2, 0.25) is 0 Å². The molecule has 0 radical (unpaired) electrons. The SMILES string of the molecule is CC(C)c1cc(Oc2ccc(C(=O)c3c(S(N)(=O)=O)cc(Br)c(CN)c3Br)cc2)ccc1O. The van der Waals surface area contributed by atoms with Gasteiger partial charge in [0.25, 0.3) is 0 Å². The Bertz CT molecular complexity index is 1320. The zero-order chi connectivity index (χ0) is 24.5. The first-order valence-electron chi connectivity index (χ1n) is 9.83. The van der Waals surface area contributed by atoms with Crippen molar-refractivity contribution >= 4 is 47.7 Å². The van der Waals surface area contributed by atoms with E-state index >= 15 is 0 Å². The largest absolute Gasteiger partial charge is 0.508 e. The molecule has 0 saturated carbocycles. The number of ether oxygens (including phenoxy) is 1. The molecule has 0 unspecified atom stereocenters. The second kappa shape index (κ2) is 9.94. The fourth-order valence-electron chi connectivity index (χ4n) is 3.27. The van der Waals surface area contributed by atoms with Gasteiger partial charge in [-0.1, -0.05) is 29.8 Å². The Labute approximate surface area is 209 Å². The lowest BCUT2D eigenvalue weighted by atomic mass is 10.0. The summed E-state index contributed by atoms with van der Waals surface area (Å²) < 4.78 is 30.9. The van der Waals surface area contributed by atoms with E-state index in [1.165, 1.54) is 18.2 Å². The molecule has 0 spiro atoms. The van der Waals surface area contributed by atoms with Crippen LogP contribution in [0.3, 0.4) is 0 Å². The Morgan fingerprint density at radius 1 is 1.06 bits per heavy atom. The number of halogens is 2. The van der Waals surface area contributed by atoms with E-state index in [1.807, 2.05) is 13.8 Å². The molecule has 3 aromatic rings. The van der Waals surface area contributed by atoms with Gasteiger partial charge in [0.1, 0.15) is 17.2 Å². The molecule has 33 heavy (non-hydrogen) atoms. The van der Waals surface area contributed by atoms with E-state index in [-0.39, 0.29) is 38.7 Å². The van der Waals surface area contributed by atoms with Crippen LogP contribution in [0.4, 0.5) is 0 Å². The predicted octanol–water partition coefficient (Wildman–Crippen LogP) is 5.17. The molecule has 10 heteroatoms. The van der Waals surface area contributed by atoms with Crippen LogP contribution >= 0.6 is 31.9 Å². The summed E-state index contributed by atoms with van der Waals surface area (Å²) >= 11 is 6.60. The number of aromatic hydroxyl groups is 1. The van der Waals surface area contributed by atoms with E-state index in [9.17, 15) is 18.3 Å². The lowest BCUT2D eigenvalue weighted by Crippen LogP contribution is -2.19. The minimum atomic E-state index is -4.19. The predicted molar refractivity (Wildman–Crippen MR) is 133 cm³/mol. The summed E-state index contributed by atoms with van der Waals surface area (Å²) in [6.07, 6.45) is 0. The summed E-state index contributed by atoms with van der Waals surface area (Å²) in [6.45, 7) is 4.00. The van der Waals surface area contributed by atoms with Crippen molar-refractivity contribution in [1.82, 2.24) is 0 Å². The molecular formula is C23H22Br2N2O5S. The smallest absolute Gasteiger partial charge is 0.238 e. The standard InChI is InChI=1S/C23H22Br2N2O5S/c1-12(2)16-9-15(7-8-19(16)28)32-14-5-3-13(4-6-14)23(29)21-20(33(27,30)31)10-18(24)17(11-26)22(21)25/h3-10,12,28H,11,26H2,1-2H3,(H2,27,30,31). The third-order valence-corrected chi connectivity index (χ3v) is 7.51. The van der Waals surface area contributed by atoms with Crippen molar-refractivity contribution in [3.05, 3.63) is 79.7 Å². The molecule has 0 aliphatic rings. The summed E-state index contributed by atoms with van der Waals surface area (Å²) in [5.74, 6) is 0.781. The van der Waals surface area contributed by atoms with Gasteiger partial charge in [-0.05, 0) is 75.9 Å². The first-order chi connectivity index (χ1) is 15.4. The molecule has 0 heterocycles. The fourth-order valence-corrected chi connectivity index (χ4v) is 5.94. The number of sulfonamides is 1. The molecule has 3 aromatic carbocycles. The minimum Gasteiger partial charge on any atom is -0.508 e.